The van der Waals surface area contributed by atoms with Gasteiger partial charge in [0.05, 0.1) is 18.9 Å². The van der Waals surface area contributed by atoms with Crippen molar-refractivity contribution in [1.29, 1.82) is 0 Å². The van der Waals surface area contributed by atoms with Gasteiger partial charge >= 0.3 is 5.97 Å². The third-order valence-corrected chi connectivity index (χ3v) is 3.78. The van der Waals surface area contributed by atoms with Gasteiger partial charge in [-0.05, 0) is 42.3 Å². The second-order valence-corrected chi connectivity index (χ2v) is 5.63. The maximum Gasteiger partial charge on any atom is 0.337 e. The Morgan fingerprint density at radius 2 is 1.93 bits per heavy atom. The summed E-state index contributed by atoms with van der Waals surface area (Å²) in [6.07, 6.45) is 2.02. The summed E-state index contributed by atoms with van der Waals surface area (Å²) in [7, 11) is 1.33. The SMILES string of the molecule is COC(=O)c1ccc(Nc2nncc(NCCc3ccccc3F)n2)cc1. The molecule has 0 spiro atoms. The summed E-state index contributed by atoms with van der Waals surface area (Å²) >= 11 is 0. The van der Waals surface area contributed by atoms with Crippen molar-refractivity contribution in [3.63, 3.8) is 0 Å². The Kier molecular flexibility index (Phi) is 5.88. The van der Waals surface area contributed by atoms with Crippen LogP contribution >= 0.6 is 0 Å². The van der Waals surface area contributed by atoms with E-state index in [-0.39, 0.29) is 5.82 Å². The van der Waals surface area contributed by atoms with Gasteiger partial charge in [-0.15, -0.1) is 5.10 Å². The third kappa shape index (κ3) is 4.97. The van der Waals surface area contributed by atoms with Crippen LogP contribution in [0, 0.1) is 5.82 Å². The summed E-state index contributed by atoms with van der Waals surface area (Å²) in [6.45, 7) is 0.507. The lowest BCUT2D eigenvalue weighted by atomic mass is 10.1. The number of anilines is 3. The van der Waals surface area contributed by atoms with Gasteiger partial charge in [-0.1, -0.05) is 18.2 Å². The third-order valence-electron chi connectivity index (χ3n) is 3.78. The Morgan fingerprint density at radius 1 is 1.15 bits per heavy atom. The Hall–Kier alpha value is -3.55. The smallest absolute Gasteiger partial charge is 0.337 e. The fourth-order valence-corrected chi connectivity index (χ4v) is 2.40. The van der Waals surface area contributed by atoms with E-state index in [1.54, 1.807) is 42.5 Å². The molecule has 0 unspecified atom stereocenters. The molecule has 0 saturated carbocycles. The van der Waals surface area contributed by atoms with Gasteiger partial charge in [0.15, 0.2) is 5.82 Å². The summed E-state index contributed by atoms with van der Waals surface area (Å²) in [5, 5.41) is 13.9. The summed E-state index contributed by atoms with van der Waals surface area (Å²) in [4.78, 5) is 15.8. The molecular formula is C19H18FN5O2. The second-order valence-electron chi connectivity index (χ2n) is 5.63. The molecule has 1 heterocycles. The minimum Gasteiger partial charge on any atom is -0.465 e. The predicted octanol–water partition coefficient (Wildman–Crippen LogP) is 3.20. The van der Waals surface area contributed by atoms with Crippen molar-refractivity contribution in [2.24, 2.45) is 0 Å². The van der Waals surface area contributed by atoms with E-state index in [0.29, 0.717) is 41.5 Å². The number of benzene rings is 2. The van der Waals surface area contributed by atoms with E-state index in [2.05, 4.69) is 30.6 Å². The van der Waals surface area contributed by atoms with Crippen LogP contribution in [0.15, 0.2) is 54.7 Å². The van der Waals surface area contributed by atoms with Gasteiger partial charge in [-0.3, -0.25) is 0 Å². The number of aromatic nitrogens is 3. The van der Waals surface area contributed by atoms with E-state index in [1.807, 2.05) is 0 Å². The maximum absolute atomic E-state index is 13.6. The highest BCUT2D eigenvalue weighted by Crippen LogP contribution is 2.15. The standard InChI is InChI=1S/C19H18FN5O2/c1-27-18(26)14-6-8-15(9-7-14)23-19-24-17(12-22-25-19)21-11-10-13-4-2-3-5-16(13)20/h2-9,12H,10-11H2,1H3,(H2,21,23,24,25). The highest BCUT2D eigenvalue weighted by atomic mass is 19.1. The molecular weight excluding hydrogens is 349 g/mol. The van der Waals surface area contributed by atoms with Crippen LogP contribution in [0.5, 0.6) is 0 Å². The predicted molar refractivity (Wildman–Crippen MR) is 99.5 cm³/mol. The van der Waals surface area contributed by atoms with Crippen LogP contribution in [-0.4, -0.2) is 34.8 Å². The van der Waals surface area contributed by atoms with Gasteiger partial charge in [0, 0.05) is 12.2 Å². The number of esters is 1. The van der Waals surface area contributed by atoms with E-state index in [0.717, 1.165) is 0 Å². The highest BCUT2D eigenvalue weighted by molar-refractivity contribution is 5.89. The van der Waals surface area contributed by atoms with Crippen LogP contribution in [0.4, 0.5) is 21.8 Å². The Morgan fingerprint density at radius 3 is 2.67 bits per heavy atom. The van der Waals surface area contributed by atoms with Gasteiger partial charge in [0.25, 0.3) is 0 Å². The first-order valence-corrected chi connectivity index (χ1v) is 8.28. The average Bonchev–Trinajstić information content (AvgIpc) is 2.70. The Bertz CT molecular complexity index is 918. The molecule has 0 amide bonds. The molecule has 138 valence electrons. The minimum absolute atomic E-state index is 0.224. The number of rotatable bonds is 7. The minimum atomic E-state index is -0.402. The highest BCUT2D eigenvalue weighted by Gasteiger charge is 2.06. The van der Waals surface area contributed by atoms with E-state index >= 15 is 0 Å². The van der Waals surface area contributed by atoms with Crippen molar-refractivity contribution in [3.05, 3.63) is 71.7 Å². The van der Waals surface area contributed by atoms with Gasteiger partial charge in [0.2, 0.25) is 5.95 Å². The van der Waals surface area contributed by atoms with Crippen LogP contribution in [0.1, 0.15) is 15.9 Å². The van der Waals surface area contributed by atoms with E-state index in [1.165, 1.54) is 19.4 Å². The molecule has 0 fully saturated rings. The number of carbonyl (C=O) groups excluding carboxylic acids is 1. The number of methoxy groups -OCH3 is 1. The van der Waals surface area contributed by atoms with Crippen molar-refractivity contribution in [3.8, 4) is 0 Å². The van der Waals surface area contributed by atoms with Crippen LogP contribution < -0.4 is 10.6 Å². The molecule has 2 aromatic carbocycles. The molecule has 0 aliphatic heterocycles. The zero-order chi connectivity index (χ0) is 19.1. The van der Waals surface area contributed by atoms with Gasteiger partial charge in [0.1, 0.15) is 5.82 Å². The number of nitrogens with one attached hydrogen (secondary N) is 2. The molecule has 1 aromatic heterocycles. The number of ether oxygens (including phenoxy) is 1. The topological polar surface area (TPSA) is 89.0 Å². The molecule has 2 N–H and O–H groups in total. The number of nitrogens with zero attached hydrogens (tertiary/aromatic N) is 3. The molecule has 3 rings (SSSR count). The Balaban J connectivity index is 1.58. The van der Waals surface area contributed by atoms with E-state index < -0.39 is 5.97 Å². The molecule has 3 aromatic rings. The van der Waals surface area contributed by atoms with Crippen LogP contribution in [0.3, 0.4) is 0 Å². The lowest BCUT2D eigenvalue weighted by Gasteiger charge is -2.08. The number of hydrogen-bond acceptors (Lipinski definition) is 7. The molecule has 0 bridgehead atoms. The average molecular weight is 367 g/mol. The van der Waals surface area contributed by atoms with Crippen molar-refractivity contribution in [1.82, 2.24) is 15.2 Å². The summed E-state index contributed by atoms with van der Waals surface area (Å²) in [6, 6.07) is 13.4. The molecule has 0 radical (unpaired) electrons. The van der Waals surface area contributed by atoms with Crippen LogP contribution in [-0.2, 0) is 11.2 Å². The van der Waals surface area contributed by atoms with E-state index in [9.17, 15) is 9.18 Å². The van der Waals surface area contributed by atoms with Crippen molar-refractivity contribution < 1.29 is 13.9 Å². The fourth-order valence-electron chi connectivity index (χ4n) is 2.40. The first-order chi connectivity index (χ1) is 13.2. The first kappa shape index (κ1) is 18.2. The zero-order valence-electron chi connectivity index (χ0n) is 14.6. The molecule has 27 heavy (non-hydrogen) atoms. The molecule has 8 heteroatoms. The summed E-state index contributed by atoms with van der Waals surface area (Å²) in [5.41, 5.74) is 1.79. The monoisotopic (exact) mass is 367 g/mol. The quantitative estimate of drug-likeness (QED) is 0.620. The second kappa shape index (κ2) is 8.70. The van der Waals surface area contributed by atoms with Gasteiger partial charge in [-0.2, -0.15) is 10.1 Å². The number of carbonyl (C=O) groups is 1. The van der Waals surface area contributed by atoms with E-state index in [4.69, 9.17) is 0 Å². The molecule has 0 aliphatic carbocycles. The van der Waals surface area contributed by atoms with Gasteiger partial charge < -0.3 is 15.4 Å². The van der Waals surface area contributed by atoms with Crippen molar-refractivity contribution in [2.75, 3.05) is 24.3 Å². The van der Waals surface area contributed by atoms with Crippen LogP contribution in [0.25, 0.3) is 0 Å². The number of halogens is 1. The first-order valence-electron chi connectivity index (χ1n) is 8.28. The molecule has 0 saturated heterocycles. The lowest BCUT2D eigenvalue weighted by molar-refractivity contribution is 0.0601. The number of hydrogen-bond donors (Lipinski definition) is 2. The van der Waals surface area contributed by atoms with Crippen molar-refractivity contribution >= 4 is 23.4 Å². The van der Waals surface area contributed by atoms with Crippen LogP contribution in [0.2, 0.25) is 0 Å². The van der Waals surface area contributed by atoms with Gasteiger partial charge in [-0.25, -0.2) is 9.18 Å². The van der Waals surface area contributed by atoms with Crippen molar-refractivity contribution in [2.45, 2.75) is 6.42 Å². The molecule has 0 aliphatic rings. The molecule has 0 atom stereocenters. The maximum atomic E-state index is 13.6. The normalized spacial score (nSPS) is 10.3. The molecule has 7 nitrogen and oxygen atoms in total. The summed E-state index contributed by atoms with van der Waals surface area (Å²) in [5.74, 6) is 0.199. The zero-order valence-corrected chi connectivity index (χ0v) is 14.6. The lowest BCUT2D eigenvalue weighted by Crippen LogP contribution is -2.09. The fraction of sp³-hybridized carbons (Fsp3) is 0.158. The summed E-state index contributed by atoms with van der Waals surface area (Å²) < 4.78 is 18.3. The largest absolute Gasteiger partial charge is 0.465 e. The Labute approximate surface area is 155 Å².